The van der Waals surface area contributed by atoms with Crippen LogP contribution >= 0.6 is 15.9 Å². The van der Waals surface area contributed by atoms with Crippen LogP contribution in [0.15, 0.2) is 22.8 Å². The van der Waals surface area contributed by atoms with Gasteiger partial charge in [-0.25, -0.2) is 18.2 Å². The van der Waals surface area contributed by atoms with E-state index in [1.807, 2.05) is 0 Å². The molecule has 1 aromatic carbocycles. The van der Waals surface area contributed by atoms with Crippen LogP contribution in [0.3, 0.4) is 0 Å². The topological polar surface area (TPSA) is 54.0 Å². The van der Waals surface area contributed by atoms with Gasteiger partial charge in [0.25, 0.3) is 5.91 Å². The van der Waals surface area contributed by atoms with Crippen LogP contribution < -0.4 is 10.6 Å². The van der Waals surface area contributed by atoms with Crippen molar-refractivity contribution in [2.45, 2.75) is 45.4 Å². The zero-order valence-electron chi connectivity index (χ0n) is 16.1. The van der Waals surface area contributed by atoms with Crippen LogP contribution in [0.2, 0.25) is 0 Å². The summed E-state index contributed by atoms with van der Waals surface area (Å²) in [6.45, 7) is 2.13. The van der Waals surface area contributed by atoms with Gasteiger partial charge >= 0.3 is 0 Å². The zero-order valence-corrected chi connectivity index (χ0v) is 17.7. The molecule has 0 bridgehead atoms. The van der Waals surface area contributed by atoms with Crippen LogP contribution in [0.25, 0.3) is 0 Å². The van der Waals surface area contributed by atoms with Crippen molar-refractivity contribution < 1.29 is 18.0 Å². The number of aryl methyl sites for hydroxylation is 1. The smallest absolute Gasteiger partial charge is 0.253 e. The number of nitrogens with one attached hydrogen (secondary N) is 2. The van der Waals surface area contributed by atoms with Crippen molar-refractivity contribution >= 4 is 33.3 Å². The number of nitrogens with zero attached hydrogens (tertiary/aromatic N) is 1. The molecule has 1 saturated carbocycles. The Balaban J connectivity index is 1.80. The van der Waals surface area contributed by atoms with E-state index in [1.54, 1.807) is 13.0 Å². The van der Waals surface area contributed by atoms with E-state index in [9.17, 15) is 18.0 Å². The fraction of sp³-hybridized carbons (Fsp3) is 0.429. The SMILES string of the molecule is Cc1cc(Br)cnc1Nc1c(C(=O)NCCC2CCCCC2)cc(F)c(F)c1F. The van der Waals surface area contributed by atoms with E-state index in [1.165, 1.54) is 25.5 Å². The van der Waals surface area contributed by atoms with E-state index in [2.05, 4.69) is 31.5 Å². The Kier molecular flexibility index (Phi) is 7.16. The molecule has 4 nitrogen and oxygen atoms in total. The summed E-state index contributed by atoms with van der Waals surface area (Å²) in [5, 5.41) is 5.36. The third-order valence-electron chi connectivity index (χ3n) is 5.26. The minimum Gasteiger partial charge on any atom is -0.352 e. The molecular formula is C21H23BrF3N3O. The average molecular weight is 470 g/mol. The van der Waals surface area contributed by atoms with E-state index >= 15 is 0 Å². The molecule has 0 spiro atoms. The Morgan fingerprint density at radius 3 is 2.59 bits per heavy atom. The number of hydrogen-bond acceptors (Lipinski definition) is 3. The van der Waals surface area contributed by atoms with Crippen LogP contribution in [0.4, 0.5) is 24.7 Å². The molecule has 3 rings (SSSR count). The van der Waals surface area contributed by atoms with E-state index < -0.39 is 29.0 Å². The second-order valence-corrected chi connectivity index (χ2v) is 8.32. The molecule has 1 aromatic heterocycles. The molecule has 0 saturated heterocycles. The van der Waals surface area contributed by atoms with Crippen molar-refractivity contribution in [3.8, 4) is 0 Å². The number of benzene rings is 1. The van der Waals surface area contributed by atoms with Crippen molar-refractivity contribution in [1.29, 1.82) is 0 Å². The number of amides is 1. The van der Waals surface area contributed by atoms with Gasteiger partial charge in [0.05, 0.1) is 11.3 Å². The summed E-state index contributed by atoms with van der Waals surface area (Å²) in [4.78, 5) is 16.7. The molecule has 156 valence electrons. The number of pyridine rings is 1. The first-order valence-corrected chi connectivity index (χ1v) is 10.5. The fourth-order valence-electron chi connectivity index (χ4n) is 3.65. The lowest BCUT2D eigenvalue weighted by Gasteiger charge is -2.21. The van der Waals surface area contributed by atoms with Gasteiger partial charge in [0.15, 0.2) is 17.5 Å². The van der Waals surface area contributed by atoms with Crippen LogP contribution in [-0.4, -0.2) is 17.4 Å². The predicted octanol–water partition coefficient (Wildman–Crippen LogP) is 6.01. The maximum Gasteiger partial charge on any atom is 0.253 e. The van der Waals surface area contributed by atoms with Crippen molar-refractivity contribution in [3.05, 3.63) is 51.4 Å². The van der Waals surface area contributed by atoms with Gasteiger partial charge < -0.3 is 10.6 Å². The van der Waals surface area contributed by atoms with Gasteiger partial charge in [-0.1, -0.05) is 32.1 Å². The zero-order chi connectivity index (χ0) is 21.0. The van der Waals surface area contributed by atoms with Crippen LogP contribution in [-0.2, 0) is 0 Å². The molecule has 2 aromatic rings. The summed E-state index contributed by atoms with van der Waals surface area (Å²) < 4.78 is 42.9. The van der Waals surface area contributed by atoms with Crippen molar-refractivity contribution in [1.82, 2.24) is 10.3 Å². The summed E-state index contributed by atoms with van der Waals surface area (Å²) in [6.07, 6.45) is 8.20. The van der Waals surface area contributed by atoms with E-state index in [0.29, 0.717) is 28.6 Å². The first-order chi connectivity index (χ1) is 13.9. The first kappa shape index (κ1) is 21.6. The maximum absolute atomic E-state index is 14.5. The second kappa shape index (κ2) is 9.61. The Hall–Kier alpha value is -2.09. The highest BCUT2D eigenvalue weighted by molar-refractivity contribution is 9.10. The second-order valence-electron chi connectivity index (χ2n) is 7.40. The van der Waals surface area contributed by atoms with Gasteiger partial charge in [0.1, 0.15) is 5.82 Å². The van der Waals surface area contributed by atoms with Gasteiger partial charge in [-0.3, -0.25) is 4.79 Å². The van der Waals surface area contributed by atoms with E-state index in [4.69, 9.17) is 0 Å². The quantitative estimate of drug-likeness (QED) is 0.509. The molecule has 2 N–H and O–H groups in total. The number of anilines is 2. The first-order valence-electron chi connectivity index (χ1n) is 9.71. The molecule has 1 amide bonds. The summed E-state index contributed by atoms with van der Waals surface area (Å²) in [7, 11) is 0. The molecule has 0 unspecified atom stereocenters. The number of carbonyl (C=O) groups is 1. The van der Waals surface area contributed by atoms with Crippen molar-refractivity contribution in [3.63, 3.8) is 0 Å². The van der Waals surface area contributed by atoms with Crippen molar-refractivity contribution in [2.24, 2.45) is 5.92 Å². The molecule has 8 heteroatoms. The number of aromatic nitrogens is 1. The van der Waals surface area contributed by atoms with Gasteiger partial charge in [-0.15, -0.1) is 0 Å². The standard InChI is InChI=1S/C21H23BrF3N3O/c1-12-9-14(22)11-27-20(12)28-19-15(10-16(23)17(24)18(19)25)21(29)26-8-7-13-5-3-2-4-6-13/h9-11,13H,2-8H2,1H3,(H,26,29)(H,27,28). The Labute approximate surface area is 176 Å². The third kappa shape index (κ3) is 5.29. The third-order valence-corrected chi connectivity index (χ3v) is 5.69. The van der Waals surface area contributed by atoms with Crippen LogP contribution in [0.5, 0.6) is 0 Å². The number of rotatable bonds is 6. The summed E-state index contributed by atoms with van der Waals surface area (Å²) in [5.41, 5.74) is -0.0849. The number of hydrogen-bond donors (Lipinski definition) is 2. The lowest BCUT2D eigenvalue weighted by Crippen LogP contribution is -2.27. The minimum absolute atomic E-state index is 0.245. The molecule has 1 fully saturated rings. The van der Waals surface area contributed by atoms with Crippen LogP contribution in [0.1, 0.15) is 54.4 Å². The fourth-order valence-corrected chi connectivity index (χ4v) is 4.09. The molecule has 1 aliphatic carbocycles. The molecule has 1 heterocycles. The highest BCUT2D eigenvalue weighted by Crippen LogP contribution is 2.30. The molecule has 29 heavy (non-hydrogen) atoms. The maximum atomic E-state index is 14.5. The Morgan fingerprint density at radius 2 is 1.90 bits per heavy atom. The Bertz CT molecular complexity index is 901. The van der Waals surface area contributed by atoms with Gasteiger partial charge in [-0.05, 0) is 52.9 Å². The number of carbonyl (C=O) groups excluding carboxylic acids is 1. The molecule has 0 atom stereocenters. The molecule has 1 aliphatic rings. The summed E-state index contributed by atoms with van der Waals surface area (Å²) in [5.74, 6) is -4.36. The lowest BCUT2D eigenvalue weighted by molar-refractivity contribution is 0.0950. The van der Waals surface area contributed by atoms with E-state index in [-0.39, 0.29) is 11.4 Å². The minimum atomic E-state index is -1.64. The highest BCUT2D eigenvalue weighted by atomic mass is 79.9. The van der Waals surface area contributed by atoms with Crippen molar-refractivity contribution in [2.75, 3.05) is 11.9 Å². The van der Waals surface area contributed by atoms with Gasteiger partial charge in [-0.2, -0.15) is 0 Å². The summed E-state index contributed by atoms with van der Waals surface area (Å²) in [6, 6.07) is 2.45. The lowest BCUT2D eigenvalue weighted by atomic mass is 9.87. The summed E-state index contributed by atoms with van der Waals surface area (Å²) >= 11 is 3.28. The molecule has 0 radical (unpaired) electrons. The van der Waals surface area contributed by atoms with Gasteiger partial charge in [0, 0.05) is 17.2 Å². The largest absolute Gasteiger partial charge is 0.352 e. The number of halogens is 4. The average Bonchev–Trinajstić information content (AvgIpc) is 2.70. The monoisotopic (exact) mass is 469 g/mol. The van der Waals surface area contributed by atoms with E-state index in [0.717, 1.165) is 19.3 Å². The predicted molar refractivity (Wildman–Crippen MR) is 110 cm³/mol. The van der Waals surface area contributed by atoms with Gasteiger partial charge in [0.2, 0.25) is 0 Å². The molecule has 0 aliphatic heterocycles. The highest BCUT2D eigenvalue weighted by Gasteiger charge is 2.24. The Morgan fingerprint density at radius 1 is 1.17 bits per heavy atom. The van der Waals surface area contributed by atoms with Crippen LogP contribution in [0, 0.1) is 30.3 Å². The molecular weight excluding hydrogens is 447 g/mol. The normalized spacial score (nSPS) is 14.7.